The molecule has 1 fully saturated rings. The van der Waals surface area contributed by atoms with Crippen LogP contribution in [0.25, 0.3) is 0 Å². The van der Waals surface area contributed by atoms with Crippen molar-refractivity contribution < 1.29 is 9.59 Å². The van der Waals surface area contributed by atoms with Crippen LogP contribution in [0.5, 0.6) is 0 Å². The van der Waals surface area contributed by atoms with Crippen LogP contribution in [0.15, 0.2) is 0 Å². The molecule has 0 saturated carbocycles. The Bertz CT molecular complexity index is 286. The van der Waals surface area contributed by atoms with Crippen molar-refractivity contribution in [1.82, 2.24) is 10.2 Å². The fourth-order valence-corrected chi connectivity index (χ4v) is 2.21. The molecular weight excluding hydrogens is 272 g/mol. The molecule has 0 aromatic heterocycles. The summed E-state index contributed by atoms with van der Waals surface area (Å²) in [5.74, 6) is 0.0310. The van der Waals surface area contributed by atoms with E-state index in [0.29, 0.717) is 6.54 Å². The Kier molecular flexibility index (Phi) is 4.35. The van der Waals surface area contributed by atoms with Gasteiger partial charge in [0.05, 0.1) is 10.2 Å². The topological polar surface area (TPSA) is 49.4 Å². The Hall–Kier alpha value is -0.580. The molecule has 0 bridgehead atoms. The van der Waals surface area contributed by atoms with Crippen molar-refractivity contribution in [2.75, 3.05) is 20.1 Å². The van der Waals surface area contributed by atoms with Gasteiger partial charge in [-0.3, -0.25) is 9.59 Å². The van der Waals surface area contributed by atoms with Crippen molar-refractivity contribution in [3.63, 3.8) is 0 Å². The summed E-state index contributed by atoms with van der Waals surface area (Å²) in [5.41, 5.74) is 0. The minimum atomic E-state index is -0.544. The summed E-state index contributed by atoms with van der Waals surface area (Å²) in [5, 5.41) is 2.64. The van der Waals surface area contributed by atoms with Crippen LogP contribution < -0.4 is 5.32 Å². The van der Waals surface area contributed by atoms with Crippen LogP contribution in [0.2, 0.25) is 0 Å². The van der Waals surface area contributed by atoms with E-state index < -0.39 is 4.32 Å². The molecule has 0 aliphatic carbocycles. The maximum absolute atomic E-state index is 12.0. The van der Waals surface area contributed by atoms with Crippen molar-refractivity contribution in [2.45, 2.75) is 31.0 Å². The minimum Gasteiger partial charge on any atom is -0.359 e. The fraction of sp³-hybridized carbons (Fsp3) is 0.818. The summed E-state index contributed by atoms with van der Waals surface area (Å²) < 4.78 is -0.544. The highest BCUT2D eigenvalue weighted by Gasteiger charge is 2.34. The first-order valence-electron chi connectivity index (χ1n) is 5.56. The zero-order valence-electron chi connectivity index (χ0n) is 10.0. The van der Waals surface area contributed by atoms with Crippen molar-refractivity contribution in [1.29, 1.82) is 0 Å². The van der Waals surface area contributed by atoms with E-state index in [9.17, 15) is 9.59 Å². The van der Waals surface area contributed by atoms with Crippen molar-refractivity contribution in [3.05, 3.63) is 0 Å². The van der Waals surface area contributed by atoms with Gasteiger partial charge in [0, 0.05) is 20.1 Å². The van der Waals surface area contributed by atoms with E-state index in [-0.39, 0.29) is 17.7 Å². The first-order valence-corrected chi connectivity index (χ1v) is 6.35. The van der Waals surface area contributed by atoms with E-state index >= 15 is 0 Å². The number of amides is 2. The molecule has 1 aliphatic heterocycles. The average molecular weight is 291 g/mol. The van der Waals surface area contributed by atoms with E-state index in [2.05, 4.69) is 21.2 Å². The van der Waals surface area contributed by atoms with Crippen molar-refractivity contribution in [3.8, 4) is 0 Å². The lowest BCUT2D eigenvalue weighted by Crippen LogP contribution is -2.49. The van der Waals surface area contributed by atoms with Gasteiger partial charge in [0.1, 0.15) is 0 Å². The number of piperidine rings is 1. The Balaban J connectivity index is 2.64. The van der Waals surface area contributed by atoms with E-state index in [1.807, 2.05) is 13.8 Å². The number of hydrogen-bond donors (Lipinski definition) is 1. The lowest BCUT2D eigenvalue weighted by molar-refractivity contribution is -0.136. The van der Waals surface area contributed by atoms with Crippen LogP contribution in [0.1, 0.15) is 26.7 Å². The number of likely N-dealkylation sites (tertiary alicyclic amines) is 1. The molecule has 1 saturated heterocycles. The van der Waals surface area contributed by atoms with Gasteiger partial charge in [0.25, 0.3) is 0 Å². The molecule has 1 N–H and O–H groups in total. The standard InChI is InChI=1S/C11H19BrN2O2/c1-11(2,12)10(16)14-6-4-5-8(7-14)9(15)13-3/h8H,4-7H2,1-3H3,(H,13,15). The second-order valence-electron chi connectivity index (χ2n) is 4.68. The molecule has 2 amide bonds. The van der Waals surface area contributed by atoms with Crippen molar-refractivity contribution in [2.24, 2.45) is 5.92 Å². The fourth-order valence-electron chi connectivity index (χ4n) is 1.96. The molecule has 1 aliphatic rings. The van der Waals surface area contributed by atoms with Gasteiger partial charge < -0.3 is 10.2 Å². The second-order valence-corrected chi connectivity index (χ2v) is 6.66. The predicted molar refractivity (Wildman–Crippen MR) is 66.4 cm³/mol. The summed E-state index contributed by atoms with van der Waals surface area (Å²) in [6.07, 6.45) is 1.76. The molecule has 0 aromatic rings. The van der Waals surface area contributed by atoms with Crippen LogP contribution >= 0.6 is 15.9 Å². The van der Waals surface area contributed by atoms with E-state index in [1.54, 1.807) is 11.9 Å². The molecule has 1 rings (SSSR count). The Labute approximate surface area is 105 Å². The van der Waals surface area contributed by atoms with Gasteiger partial charge in [0.2, 0.25) is 11.8 Å². The minimum absolute atomic E-state index is 0.0323. The molecule has 5 heteroatoms. The molecule has 0 spiro atoms. The first kappa shape index (κ1) is 13.5. The zero-order valence-corrected chi connectivity index (χ0v) is 11.6. The maximum atomic E-state index is 12.0. The molecule has 4 nitrogen and oxygen atoms in total. The summed E-state index contributed by atoms with van der Waals surface area (Å²) in [6.45, 7) is 4.95. The number of carbonyl (C=O) groups is 2. The Morgan fingerprint density at radius 1 is 1.44 bits per heavy atom. The third-order valence-electron chi connectivity index (χ3n) is 2.83. The quantitative estimate of drug-likeness (QED) is 0.776. The van der Waals surface area contributed by atoms with Gasteiger partial charge in [-0.1, -0.05) is 15.9 Å². The molecule has 92 valence electrons. The summed E-state index contributed by atoms with van der Waals surface area (Å²) in [6, 6.07) is 0. The third-order valence-corrected chi connectivity index (χ3v) is 3.17. The summed E-state index contributed by atoms with van der Waals surface area (Å²) in [7, 11) is 1.64. The van der Waals surface area contributed by atoms with Crippen LogP contribution in [0, 0.1) is 5.92 Å². The second kappa shape index (κ2) is 5.17. The van der Waals surface area contributed by atoms with Crippen LogP contribution in [0.4, 0.5) is 0 Å². The number of hydrogen-bond acceptors (Lipinski definition) is 2. The average Bonchev–Trinajstić information content (AvgIpc) is 2.26. The van der Waals surface area contributed by atoms with Gasteiger partial charge in [-0.25, -0.2) is 0 Å². The monoisotopic (exact) mass is 290 g/mol. The highest BCUT2D eigenvalue weighted by molar-refractivity contribution is 9.10. The molecule has 1 heterocycles. The Morgan fingerprint density at radius 2 is 2.06 bits per heavy atom. The number of halogens is 1. The molecule has 1 atom stereocenters. The first-order chi connectivity index (χ1) is 7.36. The normalized spacial score (nSPS) is 21.8. The molecular formula is C11H19BrN2O2. The SMILES string of the molecule is CNC(=O)C1CCCN(C(=O)C(C)(C)Br)C1. The molecule has 0 radical (unpaired) electrons. The molecule has 16 heavy (non-hydrogen) atoms. The lowest BCUT2D eigenvalue weighted by Gasteiger charge is -2.35. The van der Waals surface area contributed by atoms with Gasteiger partial charge >= 0.3 is 0 Å². The van der Waals surface area contributed by atoms with Crippen molar-refractivity contribution >= 4 is 27.7 Å². The van der Waals surface area contributed by atoms with Crippen LogP contribution in [-0.2, 0) is 9.59 Å². The highest BCUT2D eigenvalue weighted by Crippen LogP contribution is 2.24. The van der Waals surface area contributed by atoms with Crippen LogP contribution in [0.3, 0.4) is 0 Å². The lowest BCUT2D eigenvalue weighted by atomic mass is 9.96. The molecule has 1 unspecified atom stereocenters. The number of rotatable bonds is 2. The number of nitrogens with zero attached hydrogens (tertiary/aromatic N) is 1. The third kappa shape index (κ3) is 3.20. The summed E-state index contributed by atoms with van der Waals surface area (Å²) >= 11 is 3.36. The Morgan fingerprint density at radius 3 is 2.56 bits per heavy atom. The van der Waals surface area contributed by atoms with E-state index in [0.717, 1.165) is 19.4 Å². The number of carbonyl (C=O) groups excluding carboxylic acids is 2. The van der Waals surface area contributed by atoms with Gasteiger partial charge in [0.15, 0.2) is 0 Å². The van der Waals surface area contributed by atoms with Gasteiger partial charge in [-0.05, 0) is 26.7 Å². The van der Waals surface area contributed by atoms with E-state index in [1.165, 1.54) is 0 Å². The smallest absolute Gasteiger partial charge is 0.238 e. The number of alkyl halides is 1. The molecule has 0 aromatic carbocycles. The largest absolute Gasteiger partial charge is 0.359 e. The predicted octanol–water partition coefficient (Wildman–Crippen LogP) is 1.14. The van der Waals surface area contributed by atoms with Gasteiger partial charge in [-0.2, -0.15) is 0 Å². The zero-order chi connectivity index (χ0) is 12.3. The highest BCUT2D eigenvalue weighted by atomic mass is 79.9. The maximum Gasteiger partial charge on any atom is 0.238 e. The number of nitrogens with one attached hydrogen (secondary N) is 1. The summed E-state index contributed by atoms with van der Waals surface area (Å²) in [4.78, 5) is 25.3. The van der Waals surface area contributed by atoms with E-state index in [4.69, 9.17) is 0 Å². The van der Waals surface area contributed by atoms with Crippen LogP contribution in [-0.4, -0.2) is 41.2 Å². The van der Waals surface area contributed by atoms with Gasteiger partial charge in [-0.15, -0.1) is 0 Å².